The highest BCUT2D eigenvalue weighted by molar-refractivity contribution is 9.10. The van der Waals surface area contributed by atoms with Crippen LogP contribution in [0.1, 0.15) is 18.5 Å². The first-order valence-corrected chi connectivity index (χ1v) is 10.7. The molecule has 27 heavy (non-hydrogen) atoms. The van der Waals surface area contributed by atoms with Gasteiger partial charge < -0.3 is 4.74 Å². The number of benzene rings is 1. The van der Waals surface area contributed by atoms with E-state index in [1.54, 1.807) is 30.3 Å². The summed E-state index contributed by atoms with van der Waals surface area (Å²) in [7, 11) is -2.52. The molecule has 2 aromatic heterocycles. The fraction of sp³-hybridized carbons (Fsp3) is 0.222. The van der Waals surface area contributed by atoms with Crippen LogP contribution < -0.4 is 0 Å². The molecule has 142 valence electrons. The van der Waals surface area contributed by atoms with Crippen LogP contribution >= 0.6 is 27.5 Å². The Labute approximate surface area is 170 Å². The Morgan fingerprint density at radius 3 is 2.59 bits per heavy atom. The van der Waals surface area contributed by atoms with Gasteiger partial charge in [0.1, 0.15) is 5.15 Å². The van der Waals surface area contributed by atoms with Crippen molar-refractivity contribution in [3.05, 3.63) is 57.8 Å². The third-order valence-electron chi connectivity index (χ3n) is 4.04. The summed E-state index contributed by atoms with van der Waals surface area (Å²) in [5.41, 5.74) is 1.46. The van der Waals surface area contributed by atoms with Crippen molar-refractivity contribution in [3.8, 4) is 0 Å². The smallest absolute Gasteiger partial charge is 0.305 e. The van der Waals surface area contributed by atoms with Crippen LogP contribution in [0, 0.1) is 0 Å². The van der Waals surface area contributed by atoms with E-state index >= 15 is 0 Å². The molecule has 1 aromatic carbocycles. The maximum absolute atomic E-state index is 13.3. The first kappa shape index (κ1) is 19.9. The first-order valence-electron chi connectivity index (χ1n) is 8.08. The van der Waals surface area contributed by atoms with Gasteiger partial charge in [-0.3, -0.25) is 4.79 Å². The lowest BCUT2D eigenvalue weighted by atomic mass is 10.2. The predicted molar refractivity (Wildman–Crippen MR) is 106 cm³/mol. The van der Waals surface area contributed by atoms with E-state index in [1.165, 1.54) is 23.2 Å². The van der Waals surface area contributed by atoms with Crippen LogP contribution in [-0.2, 0) is 26.0 Å². The van der Waals surface area contributed by atoms with Crippen molar-refractivity contribution in [2.45, 2.75) is 24.2 Å². The van der Waals surface area contributed by atoms with Crippen molar-refractivity contribution in [3.63, 3.8) is 0 Å². The van der Waals surface area contributed by atoms with Gasteiger partial charge in [-0.2, -0.15) is 0 Å². The van der Waals surface area contributed by atoms with Crippen LogP contribution in [0.25, 0.3) is 11.0 Å². The van der Waals surface area contributed by atoms with E-state index in [0.29, 0.717) is 29.6 Å². The number of rotatable bonds is 6. The van der Waals surface area contributed by atoms with E-state index in [-0.39, 0.29) is 22.4 Å². The number of esters is 1. The minimum atomic E-state index is -3.84. The highest BCUT2D eigenvalue weighted by Crippen LogP contribution is 2.27. The van der Waals surface area contributed by atoms with E-state index in [2.05, 4.69) is 25.7 Å². The molecule has 3 aromatic rings. The molecular weight excluding hydrogens is 456 g/mol. The van der Waals surface area contributed by atoms with Crippen LogP contribution in [0.2, 0.25) is 5.15 Å². The van der Waals surface area contributed by atoms with Crippen LogP contribution in [0.15, 0.2) is 51.8 Å². The topological polar surface area (TPSA) is 78.3 Å². The standard InChI is InChI=1S/C18H16BrClN2O4S/c1-26-18(23)4-2-3-13-11-15-16(9-10-17(20)21-15)22(13)27(24,25)14-7-5-12(19)6-8-14/h5-11H,2-4H2,1H3. The van der Waals surface area contributed by atoms with Gasteiger partial charge in [0.15, 0.2) is 0 Å². The molecule has 2 heterocycles. The Morgan fingerprint density at radius 1 is 1.22 bits per heavy atom. The number of methoxy groups -OCH3 is 1. The Bertz CT molecular complexity index is 1090. The highest BCUT2D eigenvalue weighted by Gasteiger charge is 2.23. The molecule has 0 unspecified atom stereocenters. The molecule has 0 saturated carbocycles. The summed E-state index contributed by atoms with van der Waals surface area (Å²) in [6, 6.07) is 11.3. The van der Waals surface area contributed by atoms with Gasteiger partial charge in [-0.25, -0.2) is 17.4 Å². The van der Waals surface area contributed by atoms with Crippen molar-refractivity contribution in [1.29, 1.82) is 0 Å². The minimum Gasteiger partial charge on any atom is -0.469 e. The molecule has 0 aliphatic carbocycles. The van der Waals surface area contributed by atoms with E-state index in [1.807, 2.05) is 0 Å². The largest absolute Gasteiger partial charge is 0.469 e. The van der Waals surface area contributed by atoms with Crippen LogP contribution in [0.3, 0.4) is 0 Å². The van der Waals surface area contributed by atoms with Crippen molar-refractivity contribution in [1.82, 2.24) is 8.96 Å². The molecule has 0 saturated heterocycles. The second-order valence-corrected chi connectivity index (χ2v) is 8.92. The zero-order chi connectivity index (χ0) is 19.6. The molecule has 6 nitrogen and oxygen atoms in total. The van der Waals surface area contributed by atoms with E-state index in [4.69, 9.17) is 11.6 Å². The van der Waals surface area contributed by atoms with Crippen molar-refractivity contribution in [2.75, 3.05) is 7.11 Å². The summed E-state index contributed by atoms with van der Waals surface area (Å²) in [6.45, 7) is 0. The number of aromatic nitrogens is 2. The molecular formula is C18H16BrClN2O4S. The number of pyridine rings is 1. The Hall–Kier alpha value is -1.90. The van der Waals surface area contributed by atoms with Crippen molar-refractivity contribution < 1.29 is 17.9 Å². The molecule has 0 spiro atoms. The highest BCUT2D eigenvalue weighted by atomic mass is 79.9. The maximum Gasteiger partial charge on any atom is 0.305 e. The average molecular weight is 472 g/mol. The quantitative estimate of drug-likeness (QED) is 0.398. The maximum atomic E-state index is 13.3. The van der Waals surface area contributed by atoms with Gasteiger partial charge in [0, 0.05) is 16.6 Å². The third-order valence-corrected chi connectivity index (χ3v) is 6.56. The molecule has 0 aliphatic rings. The normalized spacial score (nSPS) is 11.7. The average Bonchev–Trinajstić information content (AvgIpc) is 2.99. The second kappa shape index (κ2) is 8.00. The van der Waals surface area contributed by atoms with Crippen molar-refractivity contribution in [2.24, 2.45) is 0 Å². The summed E-state index contributed by atoms with van der Waals surface area (Å²) < 4.78 is 33.2. The van der Waals surface area contributed by atoms with Crippen LogP contribution in [-0.4, -0.2) is 30.5 Å². The SMILES string of the molecule is COC(=O)CCCc1cc2nc(Cl)ccc2n1S(=O)(=O)c1ccc(Br)cc1. The lowest BCUT2D eigenvalue weighted by Crippen LogP contribution is -2.16. The van der Waals surface area contributed by atoms with Gasteiger partial charge in [0.2, 0.25) is 0 Å². The van der Waals surface area contributed by atoms with Gasteiger partial charge in [0.05, 0.1) is 23.0 Å². The van der Waals surface area contributed by atoms with Gasteiger partial charge in [-0.1, -0.05) is 27.5 Å². The number of hydrogen-bond acceptors (Lipinski definition) is 5. The number of ether oxygens (including phenoxy) is 1. The third kappa shape index (κ3) is 4.17. The van der Waals surface area contributed by atoms with Crippen LogP contribution in [0.4, 0.5) is 0 Å². The second-order valence-electron chi connectivity index (χ2n) is 5.83. The summed E-state index contributed by atoms with van der Waals surface area (Å²) >= 11 is 9.27. The molecule has 0 atom stereocenters. The number of fused-ring (bicyclic) bond motifs is 1. The summed E-state index contributed by atoms with van der Waals surface area (Å²) in [4.78, 5) is 15.8. The molecule has 3 rings (SSSR count). The van der Waals surface area contributed by atoms with Gasteiger partial charge >= 0.3 is 5.97 Å². The van der Waals surface area contributed by atoms with E-state index in [0.717, 1.165) is 4.47 Å². The van der Waals surface area contributed by atoms with Crippen LogP contribution in [0.5, 0.6) is 0 Å². The summed E-state index contributed by atoms with van der Waals surface area (Å²) in [5.74, 6) is -0.338. The summed E-state index contributed by atoms with van der Waals surface area (Å²) in [5, 5.41) is 0.279. The van der Waals surface area contributed by atoms with Gasteiger partial charge in [-0.05, 0) is 55.3 Å². The number of nitrogens with zero attached hydrogens (tertiary/aromatic N) is 2. The van der Waals surface area contributed by atoms with Crippen molar-refractivity contribution >= 4 is 54.6 Å². The fourth-order valence-electron chi connectivity index (χ4n) is 2.78. The van der Waals surface area contributed by atoms with E-state index in [9.17, 15) is 13.2 Å². The fourth-order valence-corrected chi connectivity index (χ4v) is 4.75. The number of carbonyl (C=O) groups is 1. The number of carbonyl (C=O) groups excluding carboxylic acids is 1. The lowest BCUT2D eigenvalue weighted by Gasteiger charge is -2.12. The molecule has 0 bridgehead atoms. The monoisotopic (exact) mass is 470 g/mol. The lowest BCUT2D eigenvalue weighted by molar-refractivity contribution is -0.140. The molecule has 0 radical (unpaired) electrons. The Kier molecular flexibility index (Phi) is 5.88. The molecule has 9 heteroatoms. The number of halogens is 2. The Morgan fingerprint density at radius 2 is 1.93 bits per heavy atom. The Balaban J connectivity index is 2.09. The van der Waals surface area contributed by atoms with Gasteiger partial charge in [0.25, 0.3) is 10.0 Å². The van der Waals surface area contributed by atoms with E-state index < -0.39 is 10.0 Å². The first-order chi connectivity index (χ1) is 12.8. The molecule has 0 N–H and O–H groups in total. The summed E-state index contributed by atoms with van der Waals surface area (Å²) in [6.07, 6.45) is 1.02. The molecule has 0 fully saturated rings. The zero-order valence-electron chi connectivity index (χ0n) is 14.4. The molecule has 0 amide bonds. The zero-order valence-corrected chi connectivity index (χ0v) is 17.5. The molecule has 0 aliphatic heterocycles. The van der Waals surface area contributed by atoms with Gasteiger partial charge in [-0.15, -0.1) is 0 Å². The minimum absolute atomic E-state index is 0.160. The number of hydrogen-bond donors (Lipinski definition) is 0. The number of aryl methyl sites for hydroxylation is 1. The predicted octanol–water partition coefficient (Wildman–Crippen LogP) is 4.18.